The Labute approximate surface area is 83.7 Å². The van der Waals surface area contributed by atoms with Gasteiger partial charge in [0, 0.05) is 19.2 Å². The molecule has 0 fully saturated rings. The maximum atomic E-state index is 11.6. The molecule has 1 amide bonds. The number of hydrogen-bond donors (Lipinski definition) is 1. The molecule has 0 aliphatic carbocycles. The predicted molar refractivity (Wildman–Crippen MR) is 53.4 cm³/mol. The molecular formula is C10H16N2O2. The lowest BCUT2D eigenvalue weighted by Crippen LogP contribution is -2.40. The van der Waals surface area contributed by atoms with Crippen LogP contribution in [0.3, 0.4) is 0 Å². The molecule has 2 N–H and O–H groups in total. The summed E-state index contributed by atoms with van der Waals surface area (Å²) in [6, 6.07) is 1.44. The average Bonchev–Trinajstić information content (AvgIpc) is 2.68. The molecular weight excluding hydrogens is 180 g/mol. The Morgan fingerprint density at radius 2 is 2.43 bits per heavy atom. The van der Waals surface area contributed by atoms with Crippen LogP contribution in [0.1, 0.15) is 18.9 Å². The van der Waals surface area contributed by atoms with Crippen molar-refractivity contribution in [1.29, 1.82) is 0 Å². The molecule has 0 aromatic carbocycles. The molecule has 0 spiro atoms. The van der Waals surface area contributed by atoms with Crippen molar-refractivity contribution in [2.75, 3.05) is 7.05 Å². The van der Waals surface area contributed by atoms with Crippen molar-refractivity contribution < 1.29 is 9.21 Å². The van der Waals surface area contributed by atoms with Gasteiger partial charge in [0.2, 0.25) is 5.91 Å². The van der Waals surface area contributed by atoms with Gasteiger partial charge in [-0.25, -0.2) is 0 Å². The quantitative estimate of drug-likeness (QED) is 0.780. The summed E-state index contributed by atoms with van der Waals surface area (Å²) < 4.78 is 4.91. The van der Waals surface area contributed by atoms with E-state index in [1.165, 1.54) is 0 Å². The molecule has 14 heavy (non-hydrogen) atoms. The van der Waals surface area contributed by atoms with E-state index in [4.69, 9.17) is 10.2 Å². The van der Waals surface area contributed by atoms with Crippen molar-refractivity contribution in [2.45, 2.75) is 25.9 Å². The Morgan fingerprint density at radius 1 is 1.71 bits per heavy atom. The fourth-order valence-electron chi connectivity index (χ4n) is 1.19. The molecule has 1 atom stereocenters. The third-order valence-electron chi connectivity index (χ3n) is 2.13. The summed E-state index contributed by atoms with van der Waals surface area (Å²) in [5.74, 6) is -0.0336. The second kappa shape index (κ2) is 4.81. The summed E-state index contributed by atoms with van der Waals surface area (Å²) in [7, 11) is 1.74. The van der Waals surface area contributed by atoms with Gasteiger partial charge in [0.25, 0.3) is 0 Å². The first-order valence-electron chi connectivity index (χ1n) is 4.66. The maximum absolute atomic E-state index is 11.6. The van der Waals surface area contributed by atoms with Crippen LogP contribution < -0.4 is 5.73 Å². The van der Waals surface area contributed by atoms with Crippen LogP contribution >= 0.6 is 0 Å². The molecule has 1 aromatic heterocycles. The summed E-state index contributed by atoms with van der Waals surface area (Å²) in [4.78, 5) is 13.2. The van der Waals surface area contributed by atoms with Crippen molar-refractivity contribution in [1.82, 2.24) is 4.90 Å². The van der Waals surface area contributed by atoms with Gasteiger partial charge < -0.3 is 15.1 Å². The zero-order valence-corrected chi connectivity index (χ0v) is 8.56. The van der Waals surface area contributed by atoms with Crippen molar-refractivity contribution in [3.05, 3.63) is 24.2 Å². The van der Waals surface area contributed by atoms with Gasteiger partial charge in [0.15, 0.2) is 0 Å². The molecule has 4 nitrogen and oxygen atoms in total. The van der Waals surface area contributed by atoms with Gasteiger partial charge in [-0.1, -0.05) is 6.92 Å². The highest BCUT2D eigenvalue weighted by Crippen LogP contribution is 2.05. The van der Waals surface area contributed by atoms with E-state index in [1.807, 2.05) is 13.0 Å². The minimum Gasteiger partial charge on any atom is -0.472 e. The van der Waals surface area contributed by atoms with Crippen LogP contribution in [0.2, 0.25) is 0 Å². The summed E-state index contributed by atoms with van der Waals surface area (Å²) in [5, 5.41) is 0. The van der Waals surface area contributed by atoms with E-state index >= 15 is 0 Å². The molecule has 0 radical (unpaired) electrons. The number of carbonyl (C=O) groups excluding carboxylic acids is 1. The summed E-state index contributed by atoms with van der Waals surface area (Å²) in [6.45, 7) is 2.44. The van der Waals surface area contributed by atoms with E-state index in [2.05, 4.69) is 0 Å². The Kier molecular flexibility index (Phi) is 3.71. The number of rotatable bonds is 4. The average molecular weight is 196 g/mol. The third kappa shape index (κ3) is 2.60. The van der Waals surface area contributed by atoms with Gasteiger partial charge in [-0.05, 0) is 12.5 Å². The highest BCUT2D eigenvalue weighted by atomic mass is 16.3. The zero-order chi connectivity index (χ0) is 10.6. The SMILES string of the molecule is CCC(N)C(=O)N(C)Cc1ccoc1. The first kappa shape index (κ1) is 10.8. The van der Waals surface area contributed by atoms with Crippen LogP contribution in [-0.2, 0) is 11.3 Å². The van der Waals surface area contributed by atoms with Crippen molar-refractivity contribution >= 4 is 5.91 Å². The predicted octanol–water partition coefficient (Wildman–Crippen LogP) is 0.975. The molecule has 1 rings (SSSR count). The molecule has 0 aliphatic rings. The molecule has 0 saturated heterocycles. The Balaban J connectivity index is 2.50. The minimum atomic E-state index is -0.396. The number of amides is 1. The Hall–Kier alpha value is -1.29. The van der Waals surface area contributed by atoms with E-state index in [-0.39, 0.29) is 5.91 Å². The summed E-state index contributed by atoms with van der Waals surface area (Å²) in [6.07, 6.45) is 3.88. The Morgan fingerprint density at radius 3 is 2.93 bits per heavy atom. The van der Waals surface area contributed by atoms with E-state index in [0.717, 1.165) is 5.56 Å². The van der Waals surface area contributed by atoms with Gasteiger partial charge >= 0.3 is 0 Å². The number of hydrogen-bond acceptors (Lipinski definition) is 3. The molecule has 78 valence electrons. The van der Waals surface area contributed by atoms with Gasteiger partial charge in [-0.3, -0.25) is 4.79 Å². The van der Waals surface area contributed by atoms with E-state index in [9.17, 15) is 4.79 Å². The first-order valence-corrected chi connectivity index (χ1v) is 4.66. The van der Waals surface area contributed by atoms with Crippen LogP contribution in [-0.4, -0.2) is 23.9 Å². The number of nitrogens with zero attached hydrogens (tertiary/aromatic N) is 1. The molecule has 0 saturated carbocycles. The van der Waals surface area contributed by atoms with Crippen LogP contribution in [0.4, 0.5) is 0 Å². The van der Waals surface area contributed by atoms with Crippen molar-refractivity contribution in [2.24, 2.45) is 5.73 Å². The molecule has 1 heterocycles. The van der Waals surface area contributed by atoms with Gasteiger partial charge in [-0.2, -0.15) is 0 Å². The second-order valence-electron chi connectivity index (χ2n) is 3.34. The molecule has 1 aromatic rings. The normalized spacial score (nSPS) is 12.5. The Bertz CT molecular complexity index is 282. The van der Waals surface area contributed by atoms with E-state index in [0.29, 0.717) is 13.0 Å². The topological polar surface area (TPSA) is 59.5 Å². The first-order chi connectivity index (χ1) is 6.65. The molecule has 1 unspecified atom stereocenters. The van der Waals surface area contributed by atoms with Gasteiger partial charge in [-0.15, -0.1) is 0 Å². The second-order valence-corrected chi connectivity index (χ2v) is 3.34. The smallest absolute Gasteiger partial charge is 0.239 e. The number of nitrogens with two attached hydrogens (primary N) is 1. The molecule has 4 heteroatoms. The van der Waals surface area contributed by atoms with E-state index < -0.39 is 6.04 Å². The molecule has 0 aliphatic heterocycles. The summed E-state index contributed by atoms with van der Waals surface area (Å²) in [5.41, 5.74) is 6.61. The maximum Gasteiger partial charge on any atom is 0.239 e. The largest absolute Gasteiger partial charge is 0.472 e. The monoisotopic (exact) mass is 196 g/mol. The number of carbonyl (C=O) groups is 1. The lowest BCUT2D eigenvalue weighted by Gasteiger charge is -2.19. The number of furan rings is 1. The van der Waals surface area contributed by atoms with Crippen molar-refractivity contribution in [3.63, 3.8) is 0 Å². The fraction of sp³-hybridized carbons (Fsp3) is 0.500. The van der Waals surface area contributed by atoms with Crippen molar-refractivity contribution in [3.8, 4) is 0 Å². The van der Waals surface area contributed by atoms with Crippen LogP contribution in [0.25, 0.3) is 0 Å². The number of likely N-dealkylation sites (N-methyl/N-ethyl adjacent to an activating group) is 1. The lowest BCUT2D eigenvalue weighted by atomic mass is 10.2. The zero-order valence-electron chi connectivity index (χ0n) is 8.56. The summed E-state index contributed by atoms with van der Waals surface area (Å²) >= 11 is 0. The van der Waals surface area contributed by atoms with Crippen LogP contribution in [0.15, 0.2) is 23.0 Å². The van der Waals surface area contributed by atoms with Gasteiger partial charge in [0.1, 0.15) is 0 Å². The minimum absolute atomic E-state index is 0.0336. The van der Waals surface area contributed by atoms with E-state index in [1.54, 1.807) is 24.5 Å². The van der Waals surface area contributed by atoms with Crippen LogP contribution in [0, 0.1) is 0 Å². The van der Waals surface area contributed by atoms with Gasteiger partial charge in [0.05, 0.1) is 18.6 Å². The fourth-order valence-corrected chi connectivity index (χ4v) is 1.19. The van der Waals surface area contributed by atoms with Crippen LogP contribution in [0.5, 0.6) is 0 Å². The molecule has 0 bridgehead atoms. The highest BCUT2D eigenvalue weighted by molar-refractivity contribution is 5.81. The third-order valence-corrected chi connectivity index (χ3v) is 2.13. The lowest BCUT2D eigenvalue weighted by molar-refractivity contribution is -0.131. The highest BCUT2D eigenvalue weighted by Gasteiger charge is 2.16. The standard InChI is InChI=1S/C10H16N2O2/c1-3-9(11)10(13)12(2)6-8-4-5-14-7-8/h4-5,7,9H,3,6,11H2,1-2H3.